The number of piperazine rings is 1. The fourth-order valence-corrected chi connectivity index (χ4v) is 4.47. The Morgan fingerprint density at radius 2 is 1.91 bits per heavy atom. The van der Waals surface area contributed by atoms with Crippen molar-refractivity contribution in [3.05, 3.63) is 83.2 Å². The molecule has 1 atom stereocenters. The highest BCUT2D eigenvalue weighted by Crippen LogP contribution is 2.40. The average molecular weight is 460 g/mol. The van der Waals surface area contributed by atoms with Crippen LogP contribution in [-0.4, -0.2) is 54.3 Å². The molecule has 2 aliphatic rings. The Labute approximate surface area is 198 Å². The molecule has 7 heteroatoms. The largest absolute Gasteiger partial charge is 0.497 e. The maximum atomic E-state index is 14.2. The molecule has 0 aromatic heterocycles. The summed E-state index contributed by atoms with van der Waals surface area (Å²) >= 11 is 0. The number of hydrogen-bond acceptors (Lipinski definition) is 5. The molecule has 1 fully saturated rings. The first-order chi connectivity index (χ1) is 16.4. The lowest BCUT2D eigenvalue weighted by atomic mass is 10.1. The Morgan fingerprint density at radius 3 is 2.68 bits per heavy atom. The number of aliphatic imine (C=N–C) groups is 1. The molecule has 3 aromatic rings. The number of carbonyl (C=O) groups excluding carboxylic acids is 1. The van der Waals surface area contributed by atoms with Crippen LogP contribution in [-0.2, 0) is 0 Å². The summed E-state index contributed by atoms with van der Waals surface area (Å²) in [4.78, 5) is 21.9. The number of methoxy groups -OCH3 is 1. The summed E-state index contributed by atoms with van der Waals surface area (Å²) in [5.74, 6) is 2.07. The van der Waals surface area contributed by atoms with E-state index in [9.17, 15) is 9.18 Å². The minimum absolute atomic E-state index is 0.0994. The zero-order valence-corrected chi connectivity index (χ0v) is 19.4. The van der Waals surface area contributed by atoms with Crippen LogP contribution in [0.15, 0.2) is 65.7 Å². The molecule has 5 rings (SSSR count). The molecule has 0 N–H and O–H groups in total. The first-order valence-electron chi connectivity index (χ1n) is 11.3. The molecule has 2 aliphatic heterocycles. The number of aryl methyl sites for hydroxylation is 1. The van der Waals surface area contributed by atoms with Gasteiger partial charge in [0.25, 0.3) is 5.91 Å². The molecule has 0 radical (unpaired) electrons. The van der Waals surface area contributed by atoms with Crippen LogP contribution in [0, 0.1) is 12.7 Å². The highest BCUT2D eigenvalue weighted by atomic mass is 19.1. The zero-order chi connectivity index (χ0) is 23.8. The highest BCUT2D eigenvalue weighted by Gasteiger charge is 2.33. The third-order valence-corrected chi connectivity index (χ3v) is 6.28. The average Bonchev–Trinajstić information content (AvgIpc) is 2.99. The number of nitrogens with zero attached hydrogens (tertiary/aromatic N) is 3. The first-order valence-corrected chi connectivity index (χ1v) is 11.3. The number of carbonyl (C=O) groups is 1. The van der Waals surface area contributed by atoms with Gasteiger partial charge >= 0.3 is 0 Å². The lowest BCUT2D eigenvalue weighted by Crippen LogP contribution is -2.55. The molecule has 2 heterocycles. The second-order valence-corrected chi connectivity index (χ2v) is 8.64. The molecule has 1 amide bonds. The van der Waals surface area contributed by atoms with E-state index >= 15 is 0 Å². The normalized spacial score (nSPS) is 17.2. The fourth-order valence-electron chi connectivity index (χ4n) is 4.47. The molecule has 0 aliphatic carbocycles. The van der Waals surface area contributed by atoms with Crippen LogP contribution in [0.4, 0.5) is 10.1 Å². The Kier molecular flexibility index (Phi) is 5.69. The maximum Gasteiger partial charge on any atom is 0.257 e. The predicted molar refractivity (Wildman–Crippen MR) is 129 cm³/mol. The summed E-state index contributed by atoms with van der Waals surface area (Å²) in [6.45, 7) is 5.55. The second-order valence-electron chi connectivity index (χ2n) is 8.64. The third kappa shape index (κ3) is 3.98. The standard InChI is InChI=1S/C27H26FN3O3/c1-17-8-10-23-25(14-17)34-24-11-9-19(33-3)15-21(24)26(29-23)30-12-13-31(18(2)16-30)27(32)20-6-4-5-7-22(20)28/h4-11,14-15,18H,12-13,16H2,1-3H3/t18-/m0/s1. The summed E-state index contributed by atoms with van der Waals surface area (Å²) in [6.07, 6.45) is 0. The number of halogens is 1. The van der Waals surface area contributed by atoms with Gasteiger partial charge in [0.2, 0.25) is 0 Å². The Balaban J connectivity index is 1.49. The minimum atomic E-state index is -0.500. The van der Waals surface area contributed by atoms with Crippen molar-refractivity contribution in [1.82, 2.24) is 9.80 Å². The summed E-state index contributed by atoms with van der Waals surface area (Å²) < 4.78 is 26.0. The van der Waals surface area contributed by atoms with Gasteiger partial charge in [-0.3, -0.25) is 4.79 Å². The summed E-state index contributed by atoms with van der Waals surface area (Å²) in [7, 11) is 1.63. The molecule has 34 heavy (non-hydrogen) atoms. The van der Waals surface area contributed by atoms with Crippen LogP contribution in [0.2, 0.25) is 0 Å². The Morgan fingerprint density at radius 1 is 1.09 bits per heavy atom. The number of benzene rings is 3. The van der Waals surface area contributed by atoms with E-state index < -0.39 is 5.82 Å². The number of rotatable bonds is 2. The van der Waals surface area contributed by atoms with Crippen molar-refractivity contribution in [1.29, 1.82) is 0 Å². The molecule has 3 aromatic carbocycles. The van der Waals surface area contributed by atoms with Gasteiger partial charge in [0.15, 0.2) is 5.75 Å². The number of amides is 1. The van der Waals surface area contributed by atoms with E-state index in [1.54, 1.807) is 24.1 Å². The number of amidine groups is 1. The third-order valence-electron chi connectivity index (χ3n) is 6.28. The second kappa shape index (κ2) is 8.82. The summed E-state index contributed by atoms with van der Waals surface area (Å²) in [5, 5.41) is 0. The van der Waals surface area contributed by atoms with Crippen molar-refractivity contribution in [2.24, 2.45) is 4.99 Å². The highest BCUT2D eigenvalue weighted by molar-refractivity contribution is 6.04. The van der Waals surface area contributed by atoms with Gasteiger partial charge in [-0.15, -0.1) is 0 Å². The van der Waals surface area contributed by atoms with Gasteiger partial charge in [-0.2, -0.15) is 0 Å². The van der Waals surface area contributed by atoms with Gasteiger partial charge in [0.05, 0.1) is 18.2 Å². The maximum absolute atomic E-state index is 14.2. The molecular weight excluding hydrogens is 433 g/mol. The van der Waals surface area contributed by atoms with E-state index in [-0.39, 0.29) is 17.5 Å². The van der Waals surface area contributed by atoms with E-state index in [0.29, 0.717) is 36.9 Å². The molecule has 0 saturated carbocycles. The topological polar surface area (TPSA) is 54.4 Å². The van der Waals surface area contributed by atoms with Crippen molar-refractivity contribution in [3.63, 3.8) is 0 Å². The monoisotopic (exact) mass is 459 g/mol. The van der Waals surface area contributed by atoms with Gasteiger partial charge in [-0.25, -0.2) is 9.38 Å². The van der Waals surface area contributed by atoms with Crippen molar-refractivity contribution >= 4 is 17.4 Å². The van der Waals surface area contributed by atoms with Crippen LogP contribution in [0.1, 0.15) is 28.4 Å². The Bertz CT molecular complexity index is 1290. The molecule has 0 bridgehead atoms. The van der Waals surface area contributed by atoms with E-state index in [2.05, 4.69) is 4.90 Å². The van der Waals surface area contributed by atoms with Crippen molar-refractivity contribution < 1.29 is 18.7 Å². The van der Waals surface area contributed by atoms with E-state index in [0.717, 1.165) is 22.6 Å². The van der Waals surface area contributed by atoms with Crippen LogP contribution in [0.5, 0.6) is 17.2 Å². The van der Waals surface area contributed by atoms with Crippen molar-refractivity contribution in [3.8, 4) is 17.2 Å². The molecule has 1 saturated heterocycles. The summed E-state index contributed by atoms with van der Waals surface area (Å²) in [6, 6.07) is 17.6. The van der Waals surface area contributed by atoms with E-state index in [1.807, 2.05) is 50.2 Å². The number of hydrogen-bond donors (Lipinski definition) is 0. The first kappa shape index (κ1) is 21.9. The number of ether oxygens (including phenoxy) is 2. The SMILES string of the molecule is COc1ccc2c(c1)C(N1CCN(C(=O)c3ccccc3F)[C@@H](C)C1)=Nc1ccc(C)cc1O2. The number of fused-ring (bicyclic) bond motifs is 2. The minimum Gasteiger partial charge on any atom is -0.497 e. The molecule has 0 unspecified atom stereocenters. The molecule has 6 nitrogen and oxygen atoms in total. The van der Waals surface area contributed by atoms with Crippen molar-refractivity contribution in [2.75, 3.05) is 26.7 Å². The lowest BCUT2D eigenvalue weighted by Gasteiger charge is -2.41. The zero-order valence-electron chi connectivity index (χ0n) is 19.4. The fraction of sp³-hybridized carbons (Fsp3) is 0.259. The van der Waals surface area contributed by atoms with Gasteiger partial charge in [-0.1, -0.05) is 18.2 Å². The predicted octanol–water partition coefficient (Wildman–Crippen LogP) is 5.17. The van der Waals surface area contributed by atoms with Crippen LogP contribution < -0.4 is 9.47 Å². The molecule has 0 spiro atoms. The van der Waals surface area contributed by atoms with Gasteiger partial charge in [-0.05, 0) is 61.9 Å². The lowest BCUT2D eigenvalue weighted by molar-refractivity contribution is 0.0576. The Hall–Kier alpha value is -3.87. The van der Waals surface area contributed by atoms with E-state index in [4.69, 9.17) is 14.5 Å². The van der Waals surface area contributed by atoms with Gasteiger partial charge in [0, 0.05) is 25.7 Å². The molecular formula is C27H26FN3O3. The summed E-state index contributed by atoms with van der Waals surface area (Å²) in [5.41, 5.74) is 2.76. The van der Waals surface area contributed by atoms with Crippen LogP contribution >= 0.6 is 0 Å². The van der Waals surface area contributed by atoms with Crippen LogP contribution in [0.25, 0.3) is 0 Å². The smallest absolute Gasteiger partial charge is 0.257 e. The van der Waals surface area contributed by atoms with Gasteiger partial charge in [0.1, 0.15) is 28.8 Å². The van der Waals surface area contributed by atoms with Crippen molar-refractivity contribution in [2.45, 2.75) is 19.9 Å². The van der Waals surface area contributed by atoms with Crippen LogP contribution in [0.3, 0.4) is 0 Å². The van der Waals surface area contributed by atoms with Gasteiger partial charge < -0.3 is 19.3 Å². The van der Waals surface area contributed by atoms with E-state index in [1.165, 1.54) is 12.1 Å². The molecule has 174 valence electrons. The quantitative estimate of drug-likeness (QED) is 0.530.